The summed E-state index contributed by atoms with van der Waals surface area (Å²) in [5.41, 5.74) is 2.96. The van der Waals surface area contributed by atoms with Crippen molar-refractivity contribution >= 4 is 46.9 Å². The predicted octanol–water partition coefficient (Wildman–Crippen LogP) is 3.34. The smallest absolute Gasteiger partial charge is 0.335 e. The summed E-state index contributed by atoms with van der Waals surface area (Å²) in [5.74, 6) is -0.845. The van der Waals surface area contributed by atoms with E-state index < -0.39 is 17.8 Å². The molecule has 2 aromatic rings. The summed E-state index contributed by atoms with van der Waals surface area (Å²) in [6, 6.07) is 13.6. The largest absolute Gasteiger partial charge is 0.373 e. The first-order chi connectivity index (χ1) is 13.4. The van der Waals surface area contributed by atoms with E-state index in [1.165, 1.54) is 6.08 Å². The second-order valence-electron chi connectivity index (χ2n) is 6.50. The van der Waals surface area contributed by atoms with E-state index >= 15 is 0 Å². The third-order valence-corrected chi connectivity index (χ3v) is 4.63. The van der Waals surface area contributed by atoms with Gasteiger partial charge in [0.25, 0.3) is 11.8 Å². The molecule has 6 nitrogen and oxygen atoms in total. The Morgan fingerprint density at radius 1 is 1.04 bits per heavy atom. The van der Waals surface area contributed by atoms with Crippen LogP contribution in [-0.2, 0) is 9.59 Å². The van der Waals surface area contributed by atoms with Crippen LogP contribution in [0.2, 0.25) is 0 Å². The number of alkyl halides is 1. The summed E-state index contributed by atoms with van der Waals surface area (Å²) < 4.78 is 0. The Bertz CT molecular complexity index is 936. The first-order valence-corrected chi connectivity index (χ1v) is 9.29. The molecule has 0 aliphatic carbocycles. The van der Waals surface area contributed by atoms with Crippen molar-refractivity contribution < 1.29 is 14.4 Å². The Hall–Kier alpha value is -3.12. The molecule has 1 aliphatic heterocycles. The number of barbiturate groups is 1. The third kappa shape index (κ3) is 4.07. The van der Waals surface area contributed by atoms with Crippen LogP contribution < -0.4 is 15.1 Å². The molecule has 0 bridgehead atoms. The zero-order chi connectivity index (χ0) is 20.3. The summed E-state index contributed by atoms with van der Waals surface area (Å²) in [6.07, 6.45) is 1.48. The molecule has 0 saturated carbocycles. The van der Waals surface area contributed by atoms with Gasteiger partial charge in [-0.2, -0.15) is 0 Å². The van der Waals surface area contributed by atoms with E-state index in [0.29, 0.717) is 23.7 Å². The lowest BCUT2D eigenvalue weighted by atomic mass is 10.1. The average molecular weight is 398 g/mol. The van der Waals surface area contributed by atoms with Crippen LogP contribution in [0.15, 0.2) is 54.1 Å². The van der Waals surface area contributed by atoms with Gasteiger partial charge in [-0.15, -0.1) is 11.6 Å². The fourth-order valence-corrected chi connectivity index (χ4v) is 3.09. The van der Waals surface area contributed by atoms with Gasteiger partial charge in [0, 0.05) is 25.2 Å². The minimum absolute atomic E-state index is 0.0953. The van der Waals surface area contributed by atoms with Crippen LogP contribution in [0.25, 0.3) is 6.08 Å². The van der Waals surface area contributed by atoms with Crippen molar-refractivity contribution in [2.24, 2.45) is 0 Å². The van der Waals surface area contributed by atoms with Gasteiger partial charge in [0.05, 0.1) is 5.69 Å². The van der Waals surface area contributed by atoms with E-state index in [4.69, 9.17) is 11.6 Å². The van der Waals surface area contributed by atoms with E-state index in [1.54, 1.807) is 36.4 Å². The number of nitrogens with zero attached hydrogens (tertiary/aromatic N) is 2. The highest BCUT2D eigenvalue weighted by Gasteiger charge is 2.36. The molecule has 7 heteroatoms. The Morgan fingerprint density at radius 2 is 1.68 bits per heavy atom. The van der Waals surface area contributed by atoms with Gasteiger partial charge in [-0.3, -0.25) is 14.9 Å². The van der Waals surface area contributed by atoms with Gasteiger partial charge in [-0.25, -0.2) is 9.69 Å². The number of anilines is 2. The van der Waals surface area contributed by atoms with Gasteiger partial charge in [0.1, 0.15) is 5.57 Å². The van der Waals surface area contributed by atoms with E-state index in [9.17, 15) is 14.4 Å². The van der Waals surface area contributed by atoms with E-state index in [0.717, 1.165) is 16.2 Å². The predicted molar refractivity (Wildman–Crippen MR) is 111 cm³/mol. The van der Waals surface area contributed by atoms with Gasteiger partial charge in [-0.05, 0) is 42.8 Å². The molecule has 1 fully saturated rings. The number of amides is 4. The molecular formula is C21H20ClN3O3. The van der Waals surface area contributed by atoms with Crippen LogP contribution >= 0.6 is 11.6 Å². The molecule has 1 saturated heterocycles. The maximum atomic E-state index is 12.8. The fraction of sp³-hybridized carbons (Fsp3) is 0.190. The fourth-order valence-electron chi connectivity index (χ4n) is 2.83. The van der Waals surface area contributed by atoms with Crippen LogP contribution in [0, 0.1) is 6.92 Å². The van der Waals surface area contributed by atoms with Crippen molar-refractivity contribution in [2.75, 3.05) is 29.3 Å². The highest BCUT2D eigenvalue weighted by Crippen LogP contribution is 2.23. The van der Waals surface area contributed by atoms with Crippen molar-refractivity contribution in [3.05, 3.63) is 65.2 Å². The Morgan fingerprint density at radius 3 is 2.29 bits per heavy atom. The number of benzene rings is 2. The first kappa shape index (κ1) is 19.6. The summed E-state index contributed by atoms with van der Waals surface area (Å²) in [6.45, 7) is 2.61. The molecule has 1 N–H and O–H groups in total. The number of halogens is 1. The lowest BCUT2D eigenvalue weighted by Gasteiger charge is -2.26. The number of nitrogens with one attached hydrogen (secondary N) is 1. The lowest BCUT2D eigenvalue weighted by Crippen LogP contribution is -2.54. The second-order valence-corrected chi connectivity index (χ2v) is 6.87. The molecular weight excluding hydrogens is 378 g/mol. The number of carbonyl (C=O) groups is 3. The number of rotatable bonds is 5. The molecule has 1 aliphatic rings. The summed E-state index contributed by atoms with van der Waals surface area (Å²) in [7, 11) is 1.93. The minimum atomic E-state index is -0.756. The van der Waals surface area contributed by atoms with Gasteiger partial charge in [0.15, 0.2) is 0 Å². The van der Waals surface area contributed by atoms with E-state index in [1.807, 2.05) is 31.0 Å². The average Bonchev–Trinajstić information content (AvgIpc) is 2.67. The van der Waals surface area contributed by atoms with Gasteiger partial charge >= 0.3 is 6.03 Å². The number of urea groups is 1. The standard InChI is InChI=1S/C21H20ClN3O3/c1-14-3-7-17(8-4-14)25-20(27)18(19(26)23-21(25)28)13-15-5-9-16(10-6-15)24(2)12-11-22/h3-10,13H,11-12H2,1-2H3,(H,23,26,28). The van der Waals surface area contributed by atoms with Crippen molar-refractivity contribution in [1.82, 2.24) is 5.32 Å². The maximum Gasteiger partial charge on any atom is 0.335 e. The molecule has 0 unspecified atom stereocenters. The summed E-state index contributed by atoms with van der Waals surface area (Å²) in [4.78, 5) is 40.3. The molecule has 2 aromatic carbocycles. The molecule has 28 heavy (non-hydrogen) atoms. The quantitative estimate of drug-likeness (QED) is 0.477. The van der Waals surface area contributed by atoms with Gasteiger partial charge in [-0.1, -0.05) is 29.8 Å². The van der Waals surface area contributed by atoms with Crippen molar-refractivity contribution in [3.8, 4) is 0 Å². The lowest BCUT2D eigenvalue weighted by molar-refractivity contribution is -0.122. The molecule has 0 radical (unpaired) electrons. The highest BCUT2D eigenvalue weighted by atomic mass is 35.5. The monoisotopic (exact) mass is 397 g/mol. The van der Waals surface area contributed by atoms with Crippen molar-refractivity contribution in [1.29, 1.82) is 0 Å². The molecule has 0 atom stereocenters. The van der Waals surface area contributed by atoms with Crippen LogP contribution in [-0.4, -0.2) is 37.3 Å². The normalized spacial score (nSPS) is 15.8. The SMILES string of the molecule is Cc1ccc(N2C(=O)NC(=O)C(=Cc3ccc(N(C)CCCl)cc3)C2=O)cc1. The number of imide groups is 2. The summed E-state index contributed by atoms with van der Waals surface area (Å²) >= 11 is 5.76. The maximum absolute atomic E-state index is 12.8. The Balaban J connectivity index is 1.89. The van der Waals surface area contributed by atoms with Crippen LogP contribution in [0.1, 0.15) is 11.1 Å². The molecule has 0 aromatic heterocycles. The molecule has 144 valence electrons. The van der Waals surface area contributed by atoms with Crippen molar-refractivity contribution in [2.45, 2.75) is 6.92 Å². The number of carbonyl (C=O) groups excluding carboxylic acids is 3. The zero-order valence-corrected chi connectivity index (χ0v) is 16.4. The Labute approximate surface area is 168 Å². The zero-order valence-electron chi connectivity index (χ0n) is 15.6. The third-order valence-electron chi connectivity index (χ3n) is 4.46. The van der Waals surface area contributed by atoms with Crippen LogP contribution in [0.3, 0.4) is 0 Å². The highest BCUT2D eigenvalue weighted by molar-refractivity contribution is 6.39. The van der Waals surface area contributed by atoms with Gasteiger partial charge in [0.2, 0.25) is 0 Å². The van der Waals surface area contributed by atoms with Crippen LogP contribution in [0.5, 0.6) is 0 Å². The topological polar surface area (TPSA) is 69.7 Å². The molecule has 1 heterocycles. The Kier molecular flexibility index (Phi) is 5.80. The first-order valence-electron chi connectivity index (χ1n) is 8.76. The molecule has 3 rings (SSSR count). The minimum Gasteiger partial charge on any atom is -0.373 e. The summed E-state index contributed by atoms with van der Waals surface area (Å²) in [5, 5.41) is 2.23. The van der Waals surface area contributed by atoms with E-state index in [2.05, 4.69) is 5.32 Å². The molecule has 4 amide bonds. The van der Waals surface area contributed by atoms with E-state index in [-0.39, 0.29) is 5.57 Å². The number of hydrogen-bond donors (Lipinski definition) is 1. The van der Waals surface area contributed by atoms with Gasteiger partial charge < -0.3 is 4.90 Å². The molecule has 0 spiro atoms. The number of hydrogen-bond acceptors (Lipinski definition) is 4. The van der Waals surface area contributed by atoms with Crippen LogP contribution in [0.4, 0.5) is 16.2 Å². The second kappa shape index (κ2) is 8.27. The van der Waals surface area contributed by atoms with Crippen molar-refractivity contribution in [3.63, 3.8) is 0 Å². The number of aryl methyl sites for hydroxylation is 1.